The molecular formula is C12H19BrN2O4S. The van der Waals surface area contributed by atoms with Crippen molar-refractivity contribution in [1.29, 1.82) is 0 Å². The molecule has 0 aliphatic rings. The third-order valence-electron chi connectivity index (χ3n) is 2.77. The van der Waals surface area contributed by atoms with Gasteiger partial charge in [-0.05, 0) is 41.1 Å². The summed E-state index contributed by atoms with van der Waals surface area (Å²) >= 11 is 3.20. The number of anilines is 1. The molecule has 8 heteroatoms. The van der Waals surface area contributed by atoms with E-state index in [2.05, 4.69) is 20.7 Å². The lowest BCUT2D eigenvalue weighted by Gasteiger charge is -2.23. The number of hydrogen-bond acceptors (Lipinski definition) is 5. The van der Waals surface area contributed by atoms with E-state index >= 15 is 0 Å². The van der Waals surface area contributed by atoms with Gasteiger partial charge in [0.05, 0.1) is 10.5 Å². The van der Waals surface area contributed by atoms with Gasteiger partial charge in [-0.2, -0.15) is 0 Å². The third-order valence-corrected chi connectivity index (χ3v) is 4.89. The third kappa shape index (κ3) is 5.02. The first-order chi connectivity index (χ1) is 9.18. The molecule has 0 saturated heterocycles. The van der Waals surface area contributed by atoms with Gasteiger partial charge in [-0.25, -0.2) is 13.1 Å². The van der Waals surface area contributed by atoms with Gasteiger partial charge < -0.3 is 15.6 Å². The average Bonchev–Trinajstić information content (AvgIpc) is 2.37. The molecule has 20 heavy (non-hydrogen) atoms. The standard InChI is InChI=1S/C12H19BrN2O4S/c1-12(16,5-6-19-2)8-15-20(17,18)9-3-4-10(13)11(14)7-9/h3-4,7,15-16H,5-6,8,14H2,1-2H3. The summed E-state index contributed by atoms with van der Waals surface area (Å²) in [5, 5.41) is 10.0. The van der Waals surface area contributed by atoms with Gasteiger partial charge in [0, 0.05) is 36.8 Å². The number of nitrogen functional groups attached to an aromatic ring is 1. The number of rotatable bonds is 7. The van der Waals surface area contributed by atoms with Crippen LogP contribution in [0.4, 0.5) is 5.69 Å². The van der Waals surface area contributed by atoms with E-state index in [9.17, 15) is 13.5 Å². The van der Waals surface area contributed by atoms with Gasteiger partial charge in [0.1, 0.15) is 0 Å². The summed E-state index contributed by atoms with van der Waals surface area (Å²) in [6.45, 7) is 1.79. The van der Waals surface area contributed by atoms with Gasteiger partial charge in [-0.15, -0.1) is 0 Å². The molecule has 1 atom stereocenters. The predicted octanol–water partition coefficient (Wildman–Crippen LogP) is 1.10. The fourth-order valence-electron chi connectivity index (χ4n) is 1.43. The van der Waals surface area contributed by atoms with Crippen molar-refractivity contribution in [3.05, 3.63) is 22.7 Å². The summed E-state index contributed by atoms with van der Waals surface area (Å²) in [7, 11) is -2.19. The zero-order valence-electron chi connectivity index (χ0n) is 11.4. The molecule has 0 aromatic heterocycles. The topological polar surface area (TPSA) is 102 Å². The Morgan fingerprint density at radius 2 is 2.15 bits per heavy atom. The lowest BCUT2D eigenvalue weighted by Crippen LogP contribution is -2.41. The van der Waals surface area contributed by atoms with Crippen LogP contribution in [-0.4, -0.2) is 39.4 Å². The minimum Gasteiger partial charge on any atom is -0.398 e. The highest BCUT2D eigenvalue weighted by molar-refractivity contribution is 9.10. The highest BCUT2D eigenvalue weighted by Crippen LogP contribution is 2.22. The van der Waals surface area contributed by atoms with Gasteiger partial charge in [0.2, 0.25) is 10.0 Å². The quantitative estimate of drug-likeness (QED) is 0.627. The largest absolute Gasteiger partial charge is 0.398 e. The molecule has 0 saturated carbocycles. The summed E-state index contributed by atoms with van der Waals surface area (Å²) in [6, 6.07) is 4.36. The molecule has 114 valence electrons. The van der Waals surface area contributed by atoms with Crippen LogP contribution < -0.4 is 10.5 Å². The van der Waals surface area contributed by atoms with Gasteiger partial charge in [0.15, 0.2) is 0 Å². The van der Waals surface area contributed by atoms with Crippen LogP contribution in [0.1, 0.15) is 13.3 Å². The SMILES string of the molecule is COCCC(C)(O)CNS(=O)(=O)c1ccc(Br)c(N)c1. The molecule has 0 aliphatic heterocycles. The summed E-state index contributed by atoms with van der Waals surface area (Å²) in [4.78, 5) is 0.0562. The first-order valence-corrected chi connectivity index (χ1v) is 8.21. The van der Waals surface area contributed by atoms with Crippen molar-refractivity contribution < 1.29 is 18.3 Å². The number of benzene rings is 1. The molecule has 1 aromatic carbocycles. The smallest absolute Gasteiger partial charge is 0.240 e. The number of sulfonamides is 1. The Hall–Kier alpha value is -0.670. The summed E-state index contributed by atoms with van der Waals surface area (Å²) in [6.07, 6.45) is 0.328. The van der Waals surface area contributed by atoms with Crippen LogP contribution in [0.25, 0.3) is 0 Å². The second-order valence-corrected chi connectivity index (χ2v) is 7.37. The van der Waals surface area contributed by atoms with Crippen molar-refractivity contribution in [2.45, 2.75) is 23.8 Å². The second kappa shape index (κ2) is 6.86. The number of nitrogens with one attached hydrogen (secondary N) is 1. The van der Waals surface area contributed by atoms with Crippen molar-refractivity contribution in [1.82, 2.24) is 4.72 Å². The van der Waals surface area contributed by atoms with Crippen molar-refractivity contribution in [2.24, 2.45) is 0 Å². The highest BCUT2D eigenvalue weighted by Gasteiger charge is 2.24. The van der Waals surface area contributed by atoms with E-state index in [1.165, 1.54) is 19.2 Å². The second-order valence-electron chi connectivity index (χ2n) is 4.75. The van der Waals surface area contributed by atoms with Crippen LogP contribution in [0.2, 0.25) is 0 Å². The van der Waals surface area contributed by atoms with Gasteiger partial charge in [-0.1, -0.05) is 0 Å². The summed E-state index contributed by atoms with van der Waals surface area (Å²) in [5.41, 5.74) is 4.82. The van der Waals surface area contributed by atoms with E-state index in [0.29, 0.717) is 23.2 Å². The minimum atomic E-state index is -3.71. The maximum absolute atomic E-state index is 12.1. The van der Waals surface area contributed by atoms with Crippen molar-refractivity contribution in [2.75, 3.05) is 26.0 Å². The molecule has 1 rings (SSSR count). The van der Waals surface area contributed by atoms with E-state index in [1.807, 2.05) is 0 Å². The van der Waals surface area contributed by atoms with E-state index in [4.69, 9.17) is 10.5 Å². The predicted molar refractivity (Wildman–Crippen MR) is 80.9 cm³/mol. The van der Waals surface area contributed by atoms with Crippen LogP contribution in [0, 0.1) is 0 Å². The summed E-state index contributed by atoms with van der Waals surface area (Å²) in [5.74, 6) is 0. The molecule has 1 aromatic rings. The lowest BCUT2D eigenvalue weighted by atomic mass is 10.0. The molecular weight excluding hydrogens is 348 g/mol. The number of nitrogens with two attached hydrogens (primary N) is 1. The van der Waals surface area contributed by atoms with Crippen LogP contribution in [-0.2, 0) is 14.8 Å². The Labute approximate surface area is 127 Å². The Morgan fingerprint density at radius 1 is 1.50 bits per heavy atom. The molecule has 0 heterocycles. The molecule has 0 radical (unpaired) electrons. The number of ether oxygens (including phenoxy) is 1. The first kappa shape index (κ1) is 17.4. The van der Waals surface area contributed by atoms with E-state index in [1.54, 1.807) is 13.0 Å². The Morgan fingerprint density at radius 3 is 2.70 bits per heavy atom. The molecule has 4 N–H and O–H groups in total. The van der Waals surface area contributed by atoms with Crippen molar-refractivity contribution >= 4 is 31.6 Å². The number of methoxy groups -OCH3 is 1. The Bertz CT molecular complexity index is 561. The monoisotopic (exact) mass is 366 g/mol. The molecule has 0 spiro atoms. The lowest BCUT2D eigenvalue weighted by molar-refractivity contribution is 0.0292. The Kier molecular flexibility index (Phi) is 5.96. The normalized spacial score (nSPS) is 15.0. The van der Waals surface area contributed by atoms with Gasteiger partial charge in [-0.3, -0.25) is 0 Å². The zero-order chi connectivity index (χ0) is 15.4. The van der Waals surface area contributed by atoms with Gasteiger partial charge in [0.25, 0.3) is 0 Å². The highest BCUT2D eigenvalue weighted by atomic mass is 79.9. The van der Waals surface area contributed by atoms with Crippen LogP contribution in [0.5, 0.6) is 0 Å². The molecule has 0 bridgehead atoms. The van der Waals surface area contributed by atoms with Crippen molar-refractivity contribution in [3.63, 3.8) is 0 Å². The van der Waals surface area contributed by atoms with E-state index < -0.39 is 15.6 Å². The fourth-order valence-corrected chi connectivity index (χ4v) is 2.88. The number of aliphatic hydroxyl groups is 1. The first-order valence-electron chi connectivity index (χ1n) is 5.94. The minimum absolute atomic E-state index is 0.0562. The van der Waals surface area contributed by atoms with E-state index in [-0.39, 0.29) is 11.4 Å². The molecule has 6 nitrogen and oxygen atoms in total. The molecule has 0 amide bonds. The maximum atomic E-state index is 12.1. The molecule has 0 fully saturated rings. The average molecular weight is 367 g/mol. The van der Waals surface area contributed by atoms with Gasteiger partial charge >= 0.3 is 0 Å². The van der Waals surface area contributed by atoms with Crippen LogP contribution in [0.15, 0.2) is 27.6 Å². The van der Waals surface area contributed by atoms with Crippen LogP contribution >= 0.6 is 15.9 Å². The van der Waals surface area contributed by atoms with Crippen LogP contribution in [0.3, 0.4) is 0 Å². The molecule has 0 aliphatic carbocycles. The molecule has 1 unspecified atom stereocenters. The van der Waals surface area contributed by atoms with E-state index in [0.717, 1.165) is 0 Å². The Balaban J connectivity index is 2.77. The van der Waals surface area contributed by atoms with Crippen molar-refractivity contribution in [3.8, 4) is 0 Å². The maximum Gasteiger partial charge on any atom is 0.240 e. The number of hydrogen-bond donors (Lipinski definition) is 3. The fraction of sp³-hybridized carbons (Fsp3) is 0.500. The summed E-state index contributed by atoms with van der Waals surface area (Å²) < 4.78 is 32.0. The number of halogens is 1. The zero-order valence-corrected chi connectivity index (χ0v) is 13.8.